The second-order valence-electron chi connectivity index (χ2n) is 5.35. The predicted molar refractivity (Wildman–Crippen MR) is 85.6 cm³/mol. The summed E-state index contributed by atoms with van der Waals surface area (Å²) in [6.45, 7) is 5.97. The van der Waals surface area contributed by atoms with Crippen LogP contribution >= 0.6 is 0 Å². The molecule has 0 radical (unpaired) electrons. The maximum absolute atomic E-state index is 12.9. The maximum Gasteiger partial charge on any atom is 0.196 e. The van der Waals surface area contributed by atoms with Crippen molar-refractivity contribution in [3.63, 3.8) is 0 Å². The van der Waals surface area contributed by atoms with Crippen LogP contribution in [0.4, 0.5) is 0 Å². The summed E-state index contributed by atoms with van der Waals surface area (Å²) in [4.78, 5) is 12.9. The van der Waals surface area contributed by atoms with Crippen LogP contribution in [-0.4, -0.2) is 11.9 Å². The molecule has 2 heteroatoms. The Labute approximate surface area is 126 Å². The molecule has 0 N–H and O–H groups in total. The van der Waals surface area contributed by atoms with Crippen LogP contribution in [0.25, 0.3) is 0 Å². The van der Waals surface area contributed by atoms with Gasteiger partial charge in [0.15, 0.2) is 5.78 Å². The number of ketones is 1. The van der Waals surface area contributed by atoms with Crippen LogP contribution in [0.3, 0.4) is 0 Å². The molecular weight excluding hydrogens is 260 g/mol. The Bertz CT molecular complexity index is 588. The second-order valence-corrected chi connectivity index (χ2v) is 5.35. The lowest BCUT2D eigenvalue weighted by Gasteiger charge is -2.21. The number of hydrogen-bond acceptors (Lipinski definition) is 2. The predicted octanol–water partition coefficient (Wildman–Crippen LogP) is 4.60. The molecule has 0 aliphatic heterocycles. The van der Waals surface area contributed by atoms with E-state index in [0.29, 0.717) is 0 Å². The molecule has 2 rings (SSSR count). The van der Waals surface area contributed by atoms with Crippen LogP contribution in [-0.2, 0) is 11.2 Å². The van der Waals surface area contributed by atoms with Crippen molar-refractivity contribution in [3.05, 3.63) is 71.3 Å². The van der Waals surface area contributed by atoms with Crippen LogP contribution in [0.5, 0.6) is 0 Å². The smallest absolute Gasteiger partial charge is 0.196 e. The molecule has 0 saturated heterocycles. The molecule has 0 fully saturated rings. The van der Waals surface area contributed by atoms with E-state index in [2.05, 4.69) is 6.92 Å². The normalized spacial score (nSPS) is 12.4. The lowest BCUT2D eigenvalue weighted by molar-refractivity contribution is 0.0113. The molecule has 2 aromatic carbocycles. The highest BCUT2D eigenvalue weighted by Gasteiger charge is 2.25. The Morgan fingerprint density at radius 3 is 2.24 bits per heavy atom. The van der Waals surface area contributed by atoms with E-state index in [9.17, 15) is 4.79 Å². The molecule has 0 aliphatic carbocycles. The summed E-state index contributed by atoms with van der Waals surface area (Å²) in [6.07, 6.45) is 0.289. The highest BCUT2D eigenvalue weighted by Crippen LogP contribution is 2.25. The summed E-state index contributed by atoms with van der Waals surface area (Å²) in [5, 5.41) is 0. The maximum atomic E-state index is 12.9. The van der Waals surface area contributed by atoms with Crippen molar-refractivity contribution < 1.29 is 9.53 Å². The molecule has 0 heterocycles. The molecule has 2 nitrogen and oxygen atoms in total. The van der Waals surface area contributed by atoms with Gasteiger partial charge in [-0.2, -0.15) is 0 Å². The van der Waals surface area contributed by atoms with E-state index in [1.807, 2.05) is 68.4 Å². The van der Waals surface area contributed by atoms with Gasteiger partial charge in [-0.15, -0.1) is 0 Å². The van der Waals surface area contributed by atoms with E-state index < -0.39 is 6.10 Å². The summed E-state index contributed by atoms with van der Waals surface area (Å²) in [7, 11) is 0. The quantitative estimate of drug-likeness (QED) is 0.724. The van der Waals surface area contributed by atoms with Gasteiger partial charge in [0.2, 0.25) is 0 Å². The molecule has 1 atom stereocenters. The fraction of sp³-hybridized carbons (Fsp3) is 0.316. The molecule has 110 valence electrons. The van der Waals surface area contributed by atoms with Crippen LogP contribution in [0, 0.1) is 0 Å². The van der Waals surface area contributed by atoms with Gasteiger partial charge < -0.3 is 4.74 Å². The van der Waals surface area contributed by atoms with E-state index in [1.165, 1.54) is 0 Å². The zero-order chi connectivity index (χ0) is 15.2. The Morgan fingerprint density at radius 1 is 1.00 bits per heavy atom. The van der Waals surface area contributed by atoms with Crippen molar-refractivity contribution >= 4 is 5.78 Å². The molecule has 0 spiro atoms. The Kier molecular flexibility index (Phi) is 5.29. The standard InChI is InChI=1S/C19H22O2/c1-4-15-10-8-9-13-17(15)18(20)19(21-14(2)3)16-11-6-5-7-12-16/h5-14,19H,4H2,1-3H3. The van der Waals surface area contributed by atoms with Crippen molar-refractivity contribution in [3.8, 4) is 0 Å². The Hall–Kier alpha value is -1.93. The summed E-state index contributed by atoms with van der Waals surface area (Å²) < 4.78 is 5.90. The third-order valence-electron chi connectivity index (χ3n) is 3.41. The van der Waals surface area contributed by atoms with Gasteiger partial charge in [-0.3, -0.25) is 4.79 Å². The second kappa shape index (κ2) is 7.19. The Morgan fingerprint density at radius 2 is 1.62 bits per heavy atom. The molecule has 0 amide bonds. The molecular formula is C19H22O2. The lowest BCUT2D eigenvalue weighted by atomic mass is 9.95. The monoisotopic (exact) mass is 282 g/mol. The van der Waals surface area contributed by atoms with Gasteiger partial charge in [-0.25, -0.2) is 0 Å². The van der Waals surface area contributed by atoms with Crippen molar-refractivity contribution in [2.75, 3.05) is 0 Å². The largest absolute Gasteiger partial charge is 0.363 e. The van der Waals surface area contributed by atoms with E-state index in [4.69, 9.17) is 4.74 Å². The van der Waals surface area contributed by atoms with Crippen LogP contribution < -0.4 is 0 Å². The third kappa shape index (κ3) is 3.79. The number of benzene rings is 2. The molecule has 2 aromatic rings. The average Bonchev–Trinajstić information content (AvgIpc) is 2.52. The van der Waals surface area contributed by atoms with Gasteiger partial charge in [-0.05, 0) is 31.4 Å². The number of hydrogen-bond donors (Lipinski definition) is 0. The van der Waals surface area contributed by atoms with E-state index in [-0.39, 0.29) is 11.9 Å². The fourth-order valence-corrected chi connectivity index (χ4v) is 2.40. The first-order valence-corrected chi connectivity index (χ1v) is 7.46. The lowest BCUT2D eigenvalue weighted by Crippen LogP contribution is -2.21. The van der Waals surface area contributed by atoms with E-state index in [0.717, 1.165) is 23.1 Å². The van der Waals surface area contributed by atoms with E-state index in [1.54, 1.807) is 0 Å². The topological polar surface area (TPSA) is 26.3 Å². The van der Waals surface area contributed by atoms with Gasteiger partial charge in [0.25, 0.3) is 0 Å². The summed E-state index contributed by atoms with van der Waals surface area (Å²) in [6, 6.07) is 17.5. The molecule has 0 aliphatic rings. The zero-order valence-corrected chi connectivity index (χ0v) is 12.9. The van der Waals surface area contributed by atoms with Crippen LogP contribution in [0.15, 0.2) is 54.6 Å². The average molecular weight is 282 g/mol. The van der Waals surface area contributed by atoms with Crippen molar-refractivity contribution in [2.24, 2.45) is 0 Å². The summed E-state index contributed by atoms with van der Waals surface area (Å²) >= 11 is 0. The SMILES string of the molecule is CCc1ccccc1C(=O)C(OC(C)C)c1ccccc1. The molecule has 21 heavy (non-hydrogen) atoms. The van der Waals surface area contributed by atoms with Gasteiger partial charge >= 0.3 is 0 Å². The molecule has 1 unspecified atom stereocenters. The molecule has 0 saturated carbocycles. The van der Waals surface area contributed by atoms with Gasteiger partial charge in [0.1, 0.15) is 6.10 Å². The number of Topliss-reactive ketones (excluding diaryl/α,β-unsaturated/α-hetero) is 1. The number of rotatable bonds is 6. The van der Waals surface area contributed by atoms with Gasteiger partial charge in [-0.1, -0.05) is 61.5 Å². The Balaban J connectivity index is 2.39. The van der Waals surface area contributed by atoms with Crippen molar-refractivity contribution in [1.82, 2.24) is 0 Å². The zero-order valence-electron chi connectivity index (χ0n) is 12.9. The van der Waals surface area contributed by atoms with Gasteiger partial charge in [0, 0.05) is 5.56 Å². The number of aryl methyl sites for hydroxylation is 1. The first-order valence-electron chi connectivity index (χ1n) is 7.46. The van der Waals surface area contributed by atoms with Crippen LogP contribution in [0.2, 0.25) is 0 Å². The highest BCUT2D eigenvalue weighted by molar-refractivity contribution is 6.01. The third-order valence-corrected chi connectivity index (χ3v) is 3.41. The minimum absolute atomic E-state index is 0.00653. The first-order chi connectivity index (χ1) is 10.1. The van der Waals surface area contributed by atoms with Crippen LogP contribution in [0.1, 0.15) is 48.4 Å². The molecule has 0 aromatic heterocycles. The summed E-state index contributed by atoms with van der Waals surface area (Å²) in [5.41, 5.74) is 2.73. The van der Waals surface area contributed by atoms with E-state index >= 15 is 0 Å². The minimum Gasteiger partial charge on any atom is -0.363 e. The number of carbonyl (C=O) groups is 1. The molecule has 0 bridgehead atoms. The fourth-order valence-electron chi connectivity index (χ4n) is 2.40. The highest BCUT2D eigenvalue weighted by atomic mass is 16.5. The van der Waals surface area contributed by atoms with Crippen molar-refractivity contribution in [1.29, 1.82) is 0 Å². The number of ether oxygens (including phenoxy) is 1. The summed E-state index contributed by atoms with van der Waals surface area (Å²) in [5.74, 6) is 0.0346. The van der Waals surface area contributed by atoms with Gasteiger partial charge in [0.05, 0.1) is 6.10 Å². The minimum atomic E-state index is -0.543. The van der Waals surface area contributed by atoms with Crippen molar-refractivity contribution in [2.45, 2.75) is 39.4 Å². The number of carbonyl (C=O) groups excluding carboxylic acids is 1. The first kappa shape index (κ1) is 15.5.